The van der Waals surface area contributed by atoms with Crippen LogP contribution in [0.4, 0.5) is 8.78 Å². The third-order valence-corrected chi connectivity index (χ3v) is 6.21. The number of nitrogens with zero attached hydrogens (tertiary/aromatic N) is 2. The highest BCUT2D eigenvalue weighted by Crippen LogP contribution is 2.41. The minimum absolute atomic E-state index is 0.0117. The van der Waals surface area contributed by atoms with Gasteiger partial charge in [0.1, 0.15) is 0 Å². The molecule has 1 aliphatic heterocycles. The molecule has 7 heteroatoms. The van der Waals surface area contributed by atoms with Crippen molar-refractivity contribution in [1.82, 2.24) is 14.9 Å². The van der Waals surface area contributed by atoms with Crippen LogP contribution < -0.4 is 5.56 Å². The van der Waals surface area contributed by atoms with E-state index in [0.717, 1.165) is 23.8 Å². The van der Waals surface area contributed by atoms with Crippen LogP contribution in [0.2, 0.25) is 0 Å². The molecule has 0 saturated carbocycles. The summed E-state index contributed by atoms with van der Waals surface area (Å²) in [5.41, 5.74) is 2.32. The topological polar surface area (TPSA) is 66.1 Å². The minimum atomic E-state index is -1.02. The Kier molecular flexibility index (Phi) is 4.27. The number of carbonyl (C=O) groups excluding carboxylic acids is 1. The van der Waals surface area contributed by atoms with E-state index >= 15 is 0 Å². The quantitative estimate of drug-likeness (QED) is 0.724. The summed E-state index contributed by atoms with van der Waals surface area (Å²) in [6.07, 6.45) is 4.51. The average molecular weight is 407 g/mol. The molecule has 2 bridgehead atoms. The van der Waals surface area contributed by atoms with E-state index < -0.39 is 17.2 Å². The smallest absolute Gasteiger partial charge is 0.252 e. The summed E-state index contributed by atoms with van der Waals surface area (Å²) < 4.78 is 28.0. The van der Waals surface area contributed by atoms with Crippen molar-refractivity contribution in [2.24, 2.45) is 5.92 Å². The van der Waals surface area contributed by atoms with Gasteiger partial charge in [-0.3, -0.25) is 14.6 Å². The predicted octanol–water partition coefficient (Wildman–Crippen LogP) is 3.37. The molecule has 5 nitrogen and oxygen atoms in total. The van der Waals surface area contributed by atoms with E-state index in [4.69, 9.17) is 0 Å². The molecule has 0 radical (unpaired) electrons. The molecule has 3 aromatic rings. The van der Waals surface area contributed by atoms with E-state index in [1.54, 1.807) is 18.0 Å². The van der Waals surface area contributed by atoms with E-state index in [2.05, 4.69) is 16.0 Å². The summed E-state index contributed by atoms with van der Waals surface area (Å²) in [7, 11) is 0. The van der Waals surface area contributed by atoms with Gasteiger partial charge in [0.15, 0.2) is 11.6 Å². The second-order valence-corrected chi connectivity index (χ2v) is 7.90. The lowest BCUT2D eigenvalue weighted by molar-refractivity contribution is -0.130. The number of hydrogen-bond donors (Lipinski definition) is 1. The zero-order valence-electron chi connectivity index (χ0n) is 16.3. The molecule has 0 spiro atoms. The van der Waals surface area contributed by atoms with Gasteiger partial charge in [-0.25, -0.2) is 8.78 Å². The number of pyridine rings is 2. The number of rotatable bonds is 3. The largest absolute Gasteiger partial charge is 0.335 e. The molecule has 30 heavy (non-hydrogen) atoms. The fourth-order valence-corrected chi connectivity index (χ4v) is 4.71. The van der Waals surface area contributed by atoms with Crippen LogP contribution in [0.5, 0.6) is 0 Å². The van der Waals surface area contributed by atoms with Crippen LogP contribution in [0.15, 0.2) is 47.4 Å². The lowest BCUT2D eigenvalue weighted by Crippen LogP contribution is -2.38. The maximum absolute atomic E-state index is 14.3. The zero-order valence-corrected chi connectivity index (χ0v) is 16.3. The first-order valence-corrected chi connectivity index (χ1v) is 9.86. The predicted molar refractivity (Wildman–Crippen MR) is 109 cm³/mol. The van der Waals surface area contributed by atoms with Crippen LogP contribution in [0.1, 0.15) is 23.2 Å². The van der Waals surface area contributed by atoms with Crippen molar-refractivity contribution < 1.29 is 13.6 Å². The van der Waals surface area contributed by atoms with Gasteiger partial charge in [0.25, 0.3) is 5.56 Å². The first kappa shape index (κ1) is 18.7. The Labute approximate surface area is 171 Å². The first-order valence-electron chi connectivity index (χ1n) is 9.86. The molecule has 1 N–H and O–H groups in total. The molecule has 0 unspecified atom stereocenters. The van der Waals surface area contributed by atoms with Crippen molar-refractivity contribution in [3.63, 3.8) is 0 Å². The highest BCUT2D eigenvalue weighted by Gasteiger charge is 2.41. The Balaban J connectivity index is 1.43. The van der Waals surface area contributed by atoms with Gasteiger partial charge >= 0.3 is 0 Å². The maximum Gasteiger partial charge on any atom is 0.252 e. The van der Waals surface area contributed by atoms with Crippen molar-refractivity contribution in [3.8, 4) is 0 Å². The van der Waals surface area contributed by atoms with Crippen LogP contribution in [0.25, 0.3) is 16.5 Å². The van der Waals surface area contributed by atoms with E-state index in [0.29, 0.717) is 12.1 Å². The Bertz CT molecular complexity index is 1270. The lowest BCUT2D eigenvalue weighted by atomic mass is 9.98. The number of halogens is 2. The van der Waals surface area contributed by atoms with E-state index in [9.17, 15) is 18.4 Å². The van der Waals surface area contributed by atoms with Gasteiger partial charge in [0, 0.05) is 29.6 Å². The standard InChI is InChI=1S/C23H19F2N3O2/c1-12-15(23(30)27-19-6-5-17(24)22(25)21(12)19)10-20(29)28-11-13-8-14(28)9-16(13)18-4-2-3-7-26-18/h2-7,9,13-14H,8,10-11H2,1H3,(H,27,30)/t13-,14-/m1/s1. The lowest BCUT2D eigenvalue weighted by Gasteiger charge is -2.26. The summed E-state index contributed by atoms with van der Waals surface area (Å²) in [5.74, 6) is -1.97. The molecule has 1 saturated heterocycles. The Morgan fingerprint density at radius 1 is 1.27 bits per heavy atom. The number of H-pyrrole nitrogens is 1. The zero-order chi connectivity index (χ0) is 21.0. The van der Waals surface area contributed by atoms with Crippen molar-refractivity contribution in [3.05, 3.63) is 81.4 Å². The van der Waals surface area contributed by atoms with Crippen LogP contribution in [0.3, 0.4) is 0 Å². The molecule has 3 heterocycles. The summed E-state index contributed by atoms with van der Waals surface area (Å²) in [5, 5.41) is 0.0117. The number of aryl methyl sites for hydroxylation is 1. The Morgan fingerprint density at radius 2 is 2.10 bits per heavy atom. The second kappa shape index (κ2) is 6.86. The molecule has 1 aliphatic carbocycles. The molecule has 1 fully saturated rings. The van der Waals surface area contributed by atoms with Crippen molar-refractivity contribution in [1.29, 1.82) is 0 Å². The summed E-state index contributed by atoms with van der Waals surface area (Å²) in [4.78, 5) is 34.3. The van der Waals surface area contributed by atoms with Gasteiger partial charge in [0.05, 0.1) is 23.7 Å². The van der Waals surface area contributed by atoms with Gasteiger partial charge in [-0.2, -0.15) is 0 Å². The van der Waals surface area contributed by atoms with Crippen molar-refractivity contribution in [2.45, 2.75) is 25.8 Å². The molecular formula is C23H19F2N3O2. The summed E-state index contributed by atoms with van der Waals surface area (Å²) in [6.45, 7) is 2.12. The Morgan fingerprint density at radius 3 is 2.80 bits per heavy atom. The molecule has 152 valence electrons. The van der Waals surface area contributed by atoms with Crippen LogP contribution >= 0.6 is 0 Å². The van der Waals surface area contributed by atoms with Gasteiger partial charge in [0.2, 0.25) is 5.91 Å². The SMILES string of the molecule is Cc1c(CC(=O)N2C[C@H]3C[C@@H]2C=C3c2ccccn2)c(=O)[nH]c2ccc(F)c(F)c12. The molecule has 2 atom stereocenters. The number of amides is 1. The number of nitrogens with one attached hydrogen (secondary N) is 1. The number of aromatic amines is 1. The molecule has 1 amide bonds. The summed E-state index contributed by atoms with van der Waals surface area (Å²) in [6, 6.07) is 8.04. The van der Waals surface area contributed by atoms with Crippen LogP contribution in [-0.4, -0.2) is 33.4 Å². The van der Waals surface area contributed by atoms with E-state index in [-0.39, 0.29) is 40.8 Å². The number of likely N-dealkylation sites (tertiary alicyclic amines) is 1. The fraction of sp³-hybridized carbons (Fsp3) is 0.261. The highest BCUT2D eigenvalue weighted by atomic mass is 19.2. The Hall–Kier alpha value is -3.35. The van der Waals surface area contributed by atoms with E-state index in [1.807, 2.05) is 18.2 Å². The fourth-order valence-electron chi connectivity index (χ4n) is 4.71. The highest BCUT2D eigenvalue weighted by molar-refractivity contribution is 5.87. The van der Waals surface area contributed by atoms with Gasteiger partial charge in [-0.05, 0) is 48.7 Å². The average Bonchev–Trinajstić information content (AvgIpc) is 3.35. The number of benzene rings is 1. The van der Waals surface area contributed by atoms with Crippen LogP contribution in [0, 0.1) is 24.5 Å². The van der Waals surface area contributed by atoms with Crippen molar-refractivity contribution in [2.75, 3.05) is 6.54 Å². The van der Waals surface area contributed by atoms with Gasteiger partial charge < -0.3 is 9.88 Å². The monoisotopic (exact) mass is 407 g/mol. The number of aromatic nitrogens is 2. The van der Waals surface area contributed by atoms with Crippen LogP contribution in [-0.2, 0) is 11.2 Å². The normalized spacial score (nSPS) is 20.1. The molecule has 2 aliphatic rings. The summed E-state index contributed by atoms with van der Waals surface area (Å²) >= 11 is 0. The molecular weight excluding hydrogens is 388 g/mol. The number of carbonyl (C=O) groups is 1. The van der Waals surface area contributed by atoms with E-state index in [1.165, 1.54) is 6.07 Å². The first-order chi connectivity index (χ1) is 14.4. The third-order valence-electron chi connectivity index (χ3n) is 6.21. The minimum Gasteiger partial charge on any atom is -0.335 e. The maximum atomic E-state index is 14.3. The number of hydrogen-bond acceptors (Lipinski definition) is 3. The second-order valence-electron chi connectivity index (χ2n) is 7.90. The van der Waals surface area contributed by atoms with Crippen molar-refractivity contribution >= 4 is 22.4 Å². The van der Waals surface area contributed by atoms with Gasteiger partial charge in [-0.1, -0.05) is 12.1 Å². The van der Waals surface area contributed by atoms with Gasteiger partial charge in [-0.15, -0.1) is 0 Å². The third kappa shape index (κ3) is 2.84. The molecule has 2 aromatic heterocycles. The molecule has 5 rings (SSSR count). The number of fused-ring (bicyclic) bond motifs is 3. The molecule has 1 aromatic carbocycles.